The number of alkyl halides is 1. The van der Waals surface area contributed by atoms with Crippen LogP contribution in [0, 0.1) is 12.8 Å². The predicted molar refractivity (Wildman–Crippen MR) is 87.3 cm³/mol. The number of halogens is 1. The van der Waals surface area contributed by atoms with Crippen LogP contribution in [0.2, 0.25) is 0 Å². The molecule has 0 bridgehead atoms. The number of nitrogens with zero attached hydrogens (tertiary/aromatic N) is 2. The Morgan fingerprint density at radius 1 is 1.29 bits per heavy atom. The van der Waals surface area contributed by atoms with Gasteiger partial charge < -0.3 is 4.74 Å². The van der Waals surface area contributed by atoms with E-state index < -0.39 is 0 Å². The van der Waals surface area contributed by atoms with Gasteiger partial charge in [-0.05, 0) is 56.4 Å². The van der Waals surface area contributed by atoms with Crippen LogP contribution in [0.15, 0.2) is 30.3 Å². The van der Waals surface area contributed by atoms with E-state index in [0.29, 0.717) is 11.8 Å². The van der Waals surface area contributed by atoms with Gasteiger partial charge in [0.25, 0.3) is 0 Å². The van der Waals surface area contributed by atoms with Crippen LogP contribution in [0.25, 0.3) is 0 Å². The Balaban J connectivity index is 2.08. The molecule has 0 N–H and O–H groups in total. The summed E-state index contributed by atoms with van der Waals surface area (Å²) in [6.07, 6.45) is 1.91. The summed E-state index contributed by atoms with van der Waals surface area (Å²) in [4.78, 5) is 0. The minimum atomic E-state index is 0.403. The molecule has 0 saturated heterocycles. The molecule has 0 spiro atoms. The molecule has 2 rings (SSSR count). The zero-order chi connectivity index (χ0) is 15.2. The lowest BCUT2D eigenvalue weighted by atomic mass is 9.96. The molecular formula is C17H23ClN2O. The Bertz CT molecular complexity index is 580. The topological polar surface area (TPSA) is 27.1 Å². The Hall–Kier alpha value is -1.48. The maximum atomic E-state index is 6.18. The molecule has 0 saturated carbocycles. The molecule has 1 atom stereocenters. The zero-order valence-electron chi connectivity index (χ0n) is 13.0. The quantitative estimate of drug-likeness (QED) is 0.726. The molecule has 1 heterocycles. The van der Waals surface area contributed by atoms with Crippen LogP contribution in [0.3, 0.4) is 0 Å². The van der Waals surface area contributed by atoms with Gasteiger partial charge in [0.1, 0.15) is 5.75 Å². The average Bonchev–Trinajstić information content (AvgIpc) is 2.86. The molecular weight excluding hydrogens is 284 g/mol. The Morgan fingerprint density at radius 3 is 2.76 bits per heavy atom. The zero-order valence-corrected chi connectivity index (χ0v) is 13.7. The summed E-state index contributed by atoms with van der Waals surface area (Å²) in [7, 11) is 1.70. The summed E-state index contributed by atoms with van der Waals surface area (Å²) in [5, 5.41) is 4.50. The van der Waals surface area contributed by atoms with E-state index in [1.54, 1.807) is 7.11 Å². The van der Waals surface area contributed by atoms with Crippen molar-refractivity contribution in [1.29, 1.82) is 0 Å². The molecule has 0 amide bonds. The van der Waals surface area contributed by atoms with Crippen molar-refractivity contribution in [1.82, 2.24) is 9.78 Å². The number of benzene rings is 1. The SMILES string of the molecule is CCn1nc(C)cc1CC(CCl)Cc1cccc(OC)c1. The minimum absolute atomic E-state index is 0.403. The monoisotopic (exact) mass is 306 g/mol. The first-order valence-electron chi connectivity index (χ1n) is 7.38. The first kappa shape index (κ1) is 15.9. The Labute approximate surface area is 131 Å². The number of aromatic nitrogens is 2. The molecule has 4 heteroatoms. The fourth-order valence-corrected chi connectivity index (χ4v) is 2.87. The third kappa shape index (κ3) is 4.24. The van der Waals surface area contributed by atoms with Crippen LogP contribution in [0.4, 0.5) is 0 Å². The van der Waals surface area contributed by atoms with Gasteiger partial charge in [0.2, 0.25) is 0 Å². The van der Waals surface area contributed by atoms with Crippen LogP contribution in [0.5, 0.6) is 5.75 Å². The summed E-state index contributed by atoms with van der Waals surface area (Å²) >= 11 is 6.18. The molecule has 21 heavy (non-hydrogen) atoms. The maximum Gasteiger partial charge on any atom is 0.119 e. The van der Waals surface area contributed by atoms with Crippen molar-refractivity contribution < 1.29 is 4.74 Å². The molecule has 0 aliphatic rings. The molecule has 2 aromatic rings. The molecule has 114 valence electrons. The third-order valence-corrected chi connectivity index (χ3v) is 4.10. The molecule has 0 aliphatic heterocycles. The van der Waals surface area contributed by atoms with Gasteiger partial charge in [-0.3, -0.25) is 4.68 Å². The van der Waals surface area contributed by atoms with E-state index >= 15 is 0 Å². The minimum Gasteiger partial charge on any atom is -0.497 e. The van der Waals surface area contributed by atoms with E-state index in [-0.39, 0.29) is 0 Å². The predicted octanol–water partition coefficient (Wildman–Crippen LogP) is 3.86. The summed E-state index contributed by atoms with van der Waals surface area (Å²) in [6, 6.07) is 10.4. The van der Waals surface area contributed by atoms with Crippen molar-refractivity contribution in [2.75, 3.05) is 13.0 Å². The maximum absolute atomic E-state index is 6.18. The van der Waals surface area contributed by atoms with Gasteiger partial charge >= 0.3 is 0 Å². The first-order chi connectivity index (χ1) is 10.2. The largest absolute Gasteiger partial charge is 0.497 e. The molecule has 1 aromatic heterocycles. The number of aryl methyl sites for hydroxylation is 2. The summed E-state index contributed by atoms with van der Waals surface area (Å²) in [5.41, 5.74) is 3.60. The lowest BCUT2D eigenvalue weighted by Gasteiger charge is -2.15. The van der Waals surface area contributed by atoms with Crippen molar-refractivity contribution in [2.45, 2.75) is 33.2 Å². The first-order valence-corrected chi connectivity index (χ1v) is 7.92. The van der Waals surface area contributed by atoms with Crippen molar-refractivity contribution >= 4 is 11.6 Å². The number of methoxy groups -OCH3 is 1. The van der Waals surface area contributed by atoms with Gasteiger partial charge in [0, 0.05) is 18.1 Å². The van der Waals surface area contributed by atoms with Gasteiger partial charge in [-0.2, -0.15) is 5.10 Å². The highest BCUT2D eigenvalue weighted by Gasteiger charge is 2.14. The van der Waals surface area contributed by atoms with Gasteiger partial charge in [-0.1, -0.05) is 12.1 Å². The van der Waals surface area contributed by atoms with Crippen molar-refractivity contribution in [3.05, 3.63) is 47.3 Å². The van der Waals surface area contributed by atoms with Crippen LogP contribution >= 0.6 is 11.6 Å². The standard InChI is InChI=1S/C17H23ClN2O/c1-4-20-16(8-13(2)19-20)10-15(12-18)9-14-6-5-7-17(11-14)21-3/h5-8,11,15H,4,9-10,12H2,1-3H3. The van der Waals surface area contributed by atoms with E-state index in [0.717, 1.165) is 30.8 Å². The molecule has 3 nitrogen and oxygen atoms in total. The summed E-state index contributed by atoms with van der Waals surface area (Å²) < 4.78 is 7.35. The van der Waals surface area contributed by atoms with E-state index in [1.165, 1.54) is 11.3 Å². The van der Waals surface area contributed by atoms with Crippen molar-refractivity contribution in [2.24, 2.45) is 5.92 Å². The normalized spacial score (nSPS) is 12.4. The molecule has 1 unspecified atom stereocenters. The number of hydrogen-bond donors (Lipinski definition) is 0. The fourth-order valence-electron chi connectivity index (χ4n) is 2.65. The van der Waals surface area contributed by atoms with Gasteiger partial charge in [-0.25, -0.2) is 0 Å². The highest BCUT2D eigenvalue weighted by atomic mass is 35.5. The van der Waals surface area contributed by atoms with Crippen molar-refractivity contribution in [3.8, 4) is 5.75 Å². The Kier molecular flexibility index (Phi) is 5.68. The second-order valence-corrected chi connectivity index (χ2v) is 5.68. The average molecular weight is 307 g/mol. The van der Waals surface area contributed by atoms with Crippen LogP contribution in [0.1, 0.15) is 23.9 Å². The lowest BCUT2D eigenvalue weighted by Crippen LogP contribution is -2.14. The van der Waals surface area contributed by atoms with Crippen LogP contribution in [-0.2, 0) is 19.4 Å². The van der Waals surface area contributed by atoms with Gasteiger partial charge in [-0.15, -0.1) is 11.6 Å². The highest BCUT2D eigenvalue weighted by Crippen LogP contribution is 2.20. The molecule has 0 aliphatic carbocycles. The molecule has 0 fully saturated rings. The molecule has 1 aromatic carbocycles. The van der Waals surface area contributed by atoms with Gasteiger partial charge in [0.15, 0.2) is 0 Å². The molecule has 0 radical (unpaired) electrons. The lowest BCUT2D eigenvalue weighted by molar-refractivity contribution is 0.413. The summed E-state index contributed by atoms with van der Waals surface area (Å²) in [6.45, 7) is 5.05. The fraction of sp³-hybridized carbons (Fsp3) is 0.471. The van der Waals surface area contributed by atoms with E-state index in [1.807, 2.05) is 19.1 Å². The van der Waals surface area contributed by atoms with Gasteiger partial charge in [0.05, 0.1) is 12.8 Å². The number of hydrogen-bond acceptors (Lipinski definition) is 2. The summed E-state index contributed by atoms with van der Waals surface area (Å²) in [5.74, 6) is 1.95. The van der Waals surface area contributed by atoms with Crippen LogP contribution < -0.4 is 4.74 Å². The van der Waals surface area contributed by atoms with E-state index in [9.17, 15) is 0 Å². The number of ether oxygens (including phenoxy) is 1. The van der Waals surface area contributed by atoms with E-state index in [4.69, 9.17) is 16.3 Å². The third-order valence-electron chi connectivity index (χ3n) is 3.66. The van der Waals surface area contributed by atoms with Crippen LogP contribution in [-0.4, -0.2) is 22.8 Å². The Morgan fingerprint density at radius 2 is 2.10 bits per heavy atom. The van der Waals surface area contributed by atoms with Crippen molar-refractivity contribution in [3.63, 3.8) is 0 Å². The van der Waals surface area contributed by atoms with E-state index in [2.05, 4.69) is 34.9 Å². The second-order valence-electron chi connectivity index (χ2n) is 5.37. The smallest absolute Gasteiger partial charge is 0.119 e. The second kappa shape index (κ2) is 7.51. The highest BCUT2D eigenvalue weighted by molar-refractivity contribution is 6.18. The number of rotatable bonds is 7.